The van der Waals surface area contributed by atoms with E-state index in [2.05, 4.69) is 30.9 Å². The third-order valence-corrected chi connectivity index (χ3v) is 6.49. The fourth-order valence-corrected chi connectivity index (χ4v) is 4.51. The van der Waals surface area contributed by atoms with E-state index in [1.54, 1.807) is 12.3 Å². The van der Waals surface area contributed by atoms with Crippen LogP contribution in [0.3, 0.4) is 0 Å². The minimum absolute atomic E-state index is 0.0110. The monoisotopic (exact) mass is 453 g/mol. The Bertz CT molecular complexity index is 1310. The first-order valence-electron chi connectivity index (χ1n) is 10.3. The van der Waals surface area contributed by atoms with Gasteiger partial charge in [-0.1, -0.05) is 0 Å². The molecule has 10 nitrogen and oxygen atoms in total. The maximum absolute atomic E-state index is 11.9. The second-order valence-electron chi connectivity index (χ2n) is 7.78. The largest absolute Gasteiger partial charge is 0.474 e. The first kappa shape index (κ1) is 20.6. The van der Waals surface area contributed by atoms with Gasteiger partial charge in [-0.25, -0.2) is 28.4 Å². The number of ether oxygens (including phenoxy) is 1. The number of fused-ring (bicyclic) bond motifs is 2. The highest BCUT2D eigenvalue weighted by atomic mass is 32.2. The summed E-state index contributed by atoms with van der Waals surface area (Å²) in [6, 6.07) is 3.16. The smallest absolute Gasteiger partial charge is 0.237 e. The quantitative estimate of drug-likeness (QED) is 0.538. The first-order chi connectivity index (χ1) is 15.4. The van der Waals surface area contributed by atoms with Crippen molar-refractivity contribution in [2.75, 3.05) is 36.6 Å². The van der Waals surface area contributed by atoms with Crippen molar-refractivity contribution in [2.45, 2.75) is 24.9 Å². The summed E-state index contributed by atoms with van der Waals surface area (Å²) in [5, 5.41) is 9.85. The second-order valence-corrected chi connectivity index (χ2v) is 9.74. The molecule has 166 valence electrons. The molecule has 3 N–H and O–H groups in total. The number of aromatic nitrogens is 4. The fourth-order valence-electron chi connectivity index (χ4n) is 3.92. The predicted molar refractivity (Wildman–Crippen MR) is 120 cm³/mol. The first-order valence-corrected chi connectivity index (χ1v) is 12.2. The molecule has 2 aliphatic heterocycles. The zero-order chi connectivity index (χ0) is 22.3. The van der Waals surface area contributed by atoms with Crippen LogP contribution in [-0.2, 0) is 22.8 Å². The van der Waals surface area contributed by atoms with Crippen molar-refractivity contribution >= 4 is 27.2 Å². The van der Waals surface area contributed by atoms with E-state index < -0.39 is 9.84 Å². The van der Waals surface area contributed by atoms with Gasteiger partial charge >= 0.3 is 0 Å². The maximum Gasteiger partial charge on any atom is 0.237 e. The number of sulfone groups is 1. The third kappa shape index (κ3) is 3.84. The molecule has 5 rings (SSSR count). The predicted octanol–water partition coefficient (Wildman–Crippen LogP) is 1.84. The molecule has 0 fully saturated rings. The SMILES string of the molecule is Cc1c(-c2nc(Nc3ccnc(S(C)(=O)=O)c3)nc3c2CCNC3)cnc2c1NCCO2. The Balaban J connectivity index is 1.60. The van der Waals surface area contributed by atoms with Crippen LogP contribution in [0, 0.1) is 6.92 Å². The summed E-state index contributed by atoms with van der Waals surface area (Å²) in [6.45, 7) is 4.81. The van der Waals surface area contributed by atoms with E-state index in [1.165, 1.54) is 12.3 Å². The number of rotatable bonds is 4. The minimum Gasteiger partial charge on any atom is -0.474 e. The van der Waals surface area contributed by atoms with Crippen molar-refractivity contribution in [1.82, 2.24) is 25.3 Å². The molecule has 0 radical (unpaired) electrons. The highest BCUT2D eigenvalue weighted by molar-refractivity contribution is 7.90. The summed E-state index contributed by atoms with van der Waals surface area (Å²) in [7, 11) is -3.43. The van der Waals surface area contributed by atoms with Gasteiger partial charge in [-0.15, -0.1) is 0 Å². The lowest BCUT2D eigenvalue weighted by atomic mass is 9.97. The normalized spacial score (nSPS) is 15.2. The Morgan fingerprint density at radius 1 is 1.19 bits per heavy atom. The van der Waals surface area contributed by atoms with E-state index in [-0.39, 0.29) is 5.03 Å². The molecule has 0 saturated carbocycles. The van der Waals surface area contributed by atoms with E-state index in [0.29, 0.717) is 30.7 Å². The number of anilines is 3. The number of nitrogens with one attached hydrogen (secondary N) is 3. The highest BCUT2D eigenvalue weighted by Gasteiger charge is 2.23. The van der Waals surface area contributed by atoms with Gasteiger partial charge in [-0.05, 0) is 37.6 Å². The maximum atomic E-state index is 11.9. The van der Waals surface area contributed by atoms with Crippen molar-refractivity contribution in [3.05, 3.63) is 41.3 Å². The number of hydrogen-bond donors (Lipinski definition) is 3. The minimum atomic E-state index is -3.43. The summed E-state index contributed by atoms with van der Waals surface area (Å²) in [4.78, 5) is 17.9. The Morgan fingerprint density at radius 2 is 2.06 bits per heavy atom. The van der Waals surface area contributed by atoms with Crippen molar-refractivity contribution in [2.24, 2.45) is 0 Å². The van der Waals surface area contributed by atoms with Crippen LogP contribution in [0.1, 0.15) is 16.8 Å². The van der Waals surface area contributed by atoms with Gasteiger partial charge in [0, 0.05) is 48.6 Å². The molecule has 0 aliphatic carbocycles. The summed E-state index contributed by atoms with van der Waals surface area (Å²) < 4.78 is 29.4. The van der Waals surface area contributed by atoms with E-state index in [9.17, 15) is 8.42 Å². The van der Waals surface area contributed by atoms with Gasteiger partial charge in [-0.2, -0.15) is 0 Å². The fraction of sp³-hybridized carbons (Fsp3) is 0.333. The number of hydrogen-bond acceptors (Lipinski definition) is 10. The number of pyridine rings is 2. The van der Waals surface area contributed by atoms with Crippen molar-refractivity contribution in [3.63, 3.8) is 0 Å². The molecule has 3 aromatic heterocycles. The Labute approximate surface area is 185 Å². The van der Waals surface area contributed by atoms with E-state index in [1.807, 2.05) is 6.92 Å². The average molecular weight is 454 g/mol. The van der Waals surface area contributed by atoms with E-state index in [0.717, 1.165) is 59.5 Å². The van der Waals surface area contributed by atoms with Gasteiger partial charge < -0.3 is 20.7 Å². The zero-order valence-corrected chi connectivity index (χ0v) is 18.6. The van der Waals surface area contributed by atoms with Crippen LogP contribution in [0.4, 0.5) is 17.3 Å². The van der Waals surface area contributed by atoms with Crippen LogP contribution in [0.2, 0.25) is 0 Å². The molecule has 0 amide bonds. The lowest BCUT2D eigenvalue weighted by Crippen LogP contribution is -2.26. The molecular weight excluding hydrogens is 430 g/mol. The molecule has 5 heterocycles. The Hall–Kier alpha value is -3.31. The van der Waals surface area contributed by atoms with Crippen LogP contribution in [0.5, 0.6) is 5.88 Å². The lowest BCUT2D eigenvalue weighted by Gasteiger charge is -2.24. The van der Waals surface area contributed by atoms with Crippen LogP contribution >= 0.6 is 0 Å². The molecule has 0 unspecified atom stereocenters. The summed E-state index contributed by atoms with van der Waals surface area (Å²) in [5.41, 5.74) is 6.17. The van der Waals surface area contributed by atoms with Crippen molar-refractivity contribution in [3.8, 4) is 17.1 Å². The third-order valence-electron chi connectivity index (χ3n) is 5.51. The van der Waals surface area contributed by atoms with Crippen LogP contribution in [0.15, 0.2) is 29.6 Å². The lowest BCUT2D eigenvalue weighted by molar-refractivity contribution is 0.310. The van der Waals surface area contributed by atoms with Gasteiger partial charge in [0.25, 0.3) is 0 Å². The topological polar surface area (TPSA) is 131 Å². The Kier molecular flexibility index (Phi) is 5.14. The van der Waals surface area contributed by atoms with Crippen molar-refractivity contribution < 1.29 is 13.2 Å². The molecule has 0 spiro atoms. The molecular formula is C21H23N7O3S. The molecule has 2 aliphatic rings. The van der Waals surface area contributed by atoms with Crippen molar-refractivity contribution in [1.29, 1.82) is 0 Å². The average Bonchev–Trinajstić information content (AvgIpc) is 2.79. The van der Waals surface area contributed by atoms with E-state index in [4.69, 9.17) is 9.72 Å². The summed E-state index contributed by atoms with van der Waals surface area (Å²) in [5.74, 6) is 0.986. The molecule has 3 aromatic rings. The molecule has 11 heteroatoms. The molecule has 0 bridgehead atoms. The molecule has 0 aromatic carbocycles. The molecule has 32 heavy (non-hydrogen) atoms. The van der Waals surface area contributed by atoms with Gasteiger partial charge in [0.1, 0.15) is 12.3 Å². The van der Waals surface area contributed by atoms with Crippen LogP contribution < -0.4 is 20.7 Å². The van der Waals surface area contributed by atoms with Gasteiger partial charge in [0.15, 0.2) is 14.9 Å². The highest BCUT2D eigenvalue weighted by Crippen LogP contribution is 2.37. The second kappa shape index (κ2) is 7.99. The standard InChI is InChI=1S/C21H23N7O3S/c1-12-15(10-25-20-18(12)24-7-8-31-20)19-14-4-5-22-11-16(14)27-21(28-19)26-13-3-6-23-17(9-13)32(2,29)30/h3,6,9-10,22,24H,4-5,7-8,11H2,1-2H3,(H,23,26,27,28). The van der Waals surface area contributed by atoms with E-state index >= 15 is 0 Å². The van der Waals surface area contributed by atoms with Gasteiger partial charge in [0.05, 0.1) is 11.4 Å². The van der Waals surface area contributed by atoms with Crippen LogP contribution in [-0.4, -0.2) is 54.3 Å². The summed E-state index contributed by atoms with van der Waals surface area (Å²) >= 11 is 0. The Morgan fingerprint density at radius 3 is 2.91 bits per heavy atom. The molecule has 0 saturated heterocycles. The zero-order valence-electron chi connectivity index (χ0n) is 17.8. The summed E-state index contributed by atoms with van der Waals surface area (Å²) in [6.07, 6.45) is 5.17. The van der Waals surface area contributed by atoms with Crippen LogP contribution in [0.25, 0.3) is 11.3 Å². The molecule has 0 atom stereocenters. The number of nitrogens with zero attached hydrogens (tertiary/aromatic N) is 4. The van der Waals surface area contributed by atoms with Gasteiger partial charge in [-0.3, -0.25) is 0 Å². The van der Waals surface area contributed by atoms with Gasteiger partial charge in [0.2, 0.25) is 11.8 Å².